The summed E-state index contributed by atoms with van der Waals surface area (Å²) in [6, 6.07) is 15.9. The molecule has 0 spiro atoms. The van der Waals surface area contributed by atoms with Crippen molar-refractivity contribution in [1.29, 1.82) is 0 Å². The molecule has 0 aromatic heterocycles. The summed E-state index contributed by atoms with van der Waals surface area (Å²) in [7, 11) is 4.04. The fourth-order valence-electron chi connectivity index (χ4n) is 3.12. The van der Waals surface area contributed by atoms with Crippen molar-refractivity contribution in [3.8, 4) is 5.75 Å². The maximum absolute atomic E-state index is 10.7. The van der Waals surface area contributed by atoms with E-state index in [-0.39, 0.29) is 6.61 Å². The second kappa shape index (κ2) is 12.5. The van der Waals surface area contributed by atoms with Gasteiger partial charge in [-0.3, -0.25) is 0 Å². The van der Waals surface area contributed by atoms with E-state index in [1.54, 1.807) is 0 Å². The van der Waals surface area contributed by atoms with Crippen LogP contribution in [0, 0.1) is 0 Å². The van der Waals surface area contributed by atoms with Crippen LogP contribution in [0.4, 0.5) is 5.69 Å². The number of hydrogen-bond donors (Lipinski definition) is 3. The zero-order valence-electron chi connectivity index (χ0n) is 18.0. The van der Waals surface area contributed by atoms with E-state index in [1.165, 1.54) is 5.56 Å². The van der Waals surface area contributed by atoms with Crippen LogP contribution in [0.2, 0.25) is 0 Å². The van der Waals surface area contributed by atoms with E-state index in [4.69, 9.17) is 4.74 Å². The van der Waals surface area contributed by atoms with E-state index in [2.05, 4.69) is 41.4 Å². The van der Waals surface area contributed by atoms with Gasteiger partial charge in [0.05, 0.1) is 6.10 Å². The average Bonchev–Trinajstić information content (AvgIpc) is 2.74. The van der Waals surface area contributed by atoms with E-state index in [1.807, 2.05) is 38.4 Å². The lowest BCUT2D eigenvalue weighted by Crippen LogP contribution is -2.32. The monoisotopic (exact) mass is 400 g/mol. The molecule has 0 saturated heterocycles. The fraction of sp³-hybridized carbons (Fsp3) is 0.500. The number of ether oxygens (including phenoxy) is 1. The SMILES string of the molecule is CCCCNCC(O)COc1ccccc1C(O)CCc1ccc(N(C)C)cc1. The molecule has 2 aromatic carbocycles. The largest absolute Gasteiger partial charge is 0.490 e. The minimum atomic E-state index is -0.612. The normalized spacial score (nSPS) is 13.1. The van der Waals surface area contributed by atoms with Crippen LogP contribution in [-0.4, -0.2) is 50.1 Å². The van der Waals surface area contributed by atoms with Crippen LogP contribution < -0.4 is 15.0 Å². The number of nitrogens with zero attached hydrogens (tertiary/aromatic N) is 1. The number of rotatable bonds is 13. The van der Waals surface area contributed by atoms with Gasteiger partial charge >= 0.3 is 0 Å². The zero-order chi connectivity index (χ0) is 21.1. The molecule has 29 heavy (non-hydrogen) atoms. The molecule has 0 fully saturated rings. The lowest BCUT2D eigenvalue weighted by molar-refractivity contribution is 0.102. The Hall–Kier alpha value is -2.08. The Bertz CT molecular complexity index is 704. The molecule has 0 amide bonds. The van der Waals surface area contributed by atoms with Gasteiger partial charge in [-0.25, -0.2) is 0 Å². The van der Waals surface area contributed by atoms with Crippen molar-refractivity contribution in [1.82, 2.24) is 5.32 Å². The molecule has 2 atom stereocenters. The summed E-state index contributed by atoms with van der Waals surface area (Å²) >= 11 is 0. The van der Waals surface area contributed by atoms with Crippen LogP contribution in [-0.2, 0) is 6.42 Å². The number of unbranched alkanes of at least 4 members (excludes halogenated alkanes) is 1. The van der Waals surface area contributed by atoms with E-state index in [9.17, 15) is 10.2 Å². The van der Waals surface area contributed by atoms with E-state index in [0.717, 1.165) is 37.1 Å². The quantitative estimate of drug-likeness (QED) is 0.449. The van der Waals surface area contributed by atoms with Gasteiger partial charge in [0, 0.05) is 31.9 Å². The summed E-state index contributed by atoms with van der Waals surface area (Å²) in [5, 5.41) is 24.0. The Kier molecular flexibility index (Phi) is 9.98. The van der Waals surface area contributed by atoms with Gasteiger partial charge in [0.2, 0.25) is 0 Å². The molecule has 5 nitrogen and oxygen atoms in total. The second-order valence-electron chi connectivity index (χ2n) is 7.68. The summed E-state index contributed by atoms with van der Waals surface area (Å²) < 4.78 is 5.82. The third kappa shape index (κ3) is 8.05. The maximum Gasteiger partial charge on any atom is 0.125 e. The van der Waals surface area contributed by atoms with Gasteiger partial charge in [0.15, 0.2) is 0 Å². The molecule has 5 heteroatoms. The molecule has 3 N–H and O–H groups in total. The van der Waals surface area contributed by atoms with Crippen LogP contribution in [0.1, 0.15) is 43.4 Å². The molecular formula is C24H36N2O3. The molecular weight excluding hydrogens is 364 g/mol. The topological polar surface area (TPSA) is 65.0 Å². The predicted molar refractivity (Wildman–Crippen MR) is 120 cm³/mol. The fourth-order valence-corrected chi connectivity index (χ4v) is 3.12. The number of benzene rings is 2. The number of aliphatic hydroxyl groups is 2. The van der Waals surface area contributed by atoms with Crippen LogP contribution in [0.15, 0.2) is 48.5 Å². The summed E-state index contributed by atoms with van der Waals surface area (Å²) in [6.07, 6.45) is 2.44. The highest BCUT2D eigenvalue weighted by atomic mass is 16.5. The Morgan fingerprint density at radius 2 is 1.76 bits per heavy atom. The molecule has 0 heterocycles. The summed E-state index contributed by atoms with van der Waals surface area (Å²) in [5.41, 5.74) is 3.13. The van der Waals surface area contributed by atoms with Gasteiger partial charge in [-0.15, -0.1) is 0 Å². The first kappa shape index (κ1) is 23.2. The molecule has 0 aliphatic carbocycles. The van der Waals surface area contributed by atoms with Crippen molar-refractivity contribution < 1.29 is 14.9 Å². The molecule has 0 bridgehead atoms. The van der Waals surface area contributed by atoms with Gasteiger partial charge in [-0.05, 0) is 49.6 Å². The average molecular weight is 401 g/mol. The number of anilines is 1. The van der Waals surface area contributed by atoms with Crippen molar-refractivity contribution in [2.75, 3.05) is 38.7 Å². The number of hydrogen-bond acceptors (Lipinski definition) is 5. The minimum Gasteiger partial charge on any atom is -0.490 e. The maximum atomic E-state index is 10.7. The number of aryl methyl sites for hydroxylation is 1. The van der Waals surface area contributed by atoms with E-state index < -0.39 is 12.2 Å². The molecule has 0 aliphatic heterocycles. The van der Waals surface area contributed by atoms with Crippen LogP contribution in [0.5, 0.6) is 5.75 Å². The van der Waals surface area contributed by atoms with Crippen molar-refractivity contribution in [2.24, 2.45) is 0 Å². The van der Waals surface area contributed by atoms with Crippen molar-refractivity contribution >= 4 is 5.69 Å². The van der Waals surface area contributed by atoms with Crippen LogP contribution in [0.25, 0.3) is 0 Å². The molecule has 0 saturated carbocycles. The Morgan fingerprint density at radius 3 is 2.45 bits per heavy atom. The number of nitrogens with one attached hydrogen (secondary N) is 1. The van der Waals surface area contributed by atoms with E-state index >= 15 is 0 Å². The highest BCUT2D eigenvalue weighted by Gasteiger charge is 2.14. The Labute approximate surface area is 175 Å². The molecule has 2 unspecified atom stereocenters. The van der Waals surface area contributed by atoms with Gasteiger partial charge in [0.25, 0.3) is 0 Å². The minimum absolute atomic E-state index is 0.203. The number of aliphatic hydroxyl groups excluding tert-OH is 2. The standard InChI is InChI=1S/C24H36N2O3/c1-4-5-16-25-17-21(27)18-29-24-9-7-6-8-22(24)23(28)15-12-19-10-13-20(14-11-19)26(2)3/h6-11,13-14,21,23,25,27-28H,4-5,12,15-18H2,1-3H3. The van der Waals surface area contributed by atoms with Gasteiger partial charge < -0.3 is 25.2 Å². The molecule has 160 valence electrons. The predicted octanol–water partition coefficient (Wildman–Crippen LogP) is 3.55. The second-order valence-corrected chi connectivity index (χ2v) is 7.68. The first-order valence-corrected chi connectivity index (χ1v) is 10.6. The first-order chi connectivity index (χ1) is 14.0. The number of para-hydroxylation sites is 1. The summed E-state index contributed by atoms with van der Waals surface area (Å²) in [5.74, 6) is 0.635. The highest BCUT2D eigenvalue weighted by molar-refractivity contribution is 5.46. The van der Waals surface area contributed by atoms with Gasteiger partial charge in [-0.1, -0.05) is 43.7 Å². The lowest BCUT2D eigenvalue weighted by Gasteiger charge is -2.18. The van der Waals surface area contributed by atoms with Crippen LogP contribution >= 0.6 is 0 Å². The lowest BCUT2D eigenvalue weighted by atomic mass is 10.0. The Balaban J connectivity index is 1.86. The zero-order valence-corrected chi connectivity index (χ0v) is 18.0. The smallest absolute Gasteiger partial charge is 0.125 e. The molecule has 0 radical (unpaired) electrons. The first-order valence-electron chi connectivity index (χ1n) is 10.6. The van der Waals surface area contributed by atoms with Crippen molar-refractivity contribution in [3.63, 3.8) is 0 Å². The van der Waals surface area contributed by atoms with Gasteiger partial charge in [0.1, 0.15) is 18.5 Å². The van der Waals surface area contributed by atoms with Gasteiger partial charge in [-0.2, -0.15) is 0 Å². The van der Waals surface area contributed by atoms with Crippen LogP contribution in [0.3, 0.4) is 0 Å². The molecule has 2 rings (SSSR count). The molecule has 0 aliphatic rings. The van der Waals surface area contributed by atoms with Crippen molar-refractivity contribution in [2.45, 2.75) is 44.8 Å². The summed E-state index contributed by atoms with van der Waals surface area (Å²) in [6.45, 7) is 3.75. The summed E-state index contributed by atoms with van der Waals surface area (Å²) in [4.78, 5) is 2.07. The van der Waals surface area contributed by atoms with Crippen molar-refractivity contribution in [3.05, 3.63) is 59.7 Å². The van der Waals surface area contributed by atoms with E-state index in [0.29, 0.717) is 18.7 Å². The third-order valence-electron chi connectivity index (χ3n) is 4.96. The highest BCUT2D eigenvalue weighted by Crippen LogP contribution is 2.28. The third-order valence-corrected chi connectivity index (χ3v) is 4.96. The Morgan fingerprint density at radius 1 is 1.03 bits per heavy atom. The molecule has 2 aromatic rings.